The normalized spacial score (nSPS) is 52.6. The topological polar surface area (TPSA) is 104 Å². The molecule has 1 spiro atoms. The summed E-state index contributed by atoms with van der Waals surface area (Å²) in [5, 5.41) is 25.7. The van der Waals surface area contributed by atoms with Crippen molar-refractivity contribution in [2.45, 2.75) is 132 Å². The van der Waals surface area contributed by atoms with E-state index in [1.807, 2.05) is 6.92 Å². The average Bonchev–Trinajstić information content (AvgIpc) is 3.52. The number of carbonyl (C=O) groups excluding carboxylic acids is 1. The van der Waals surface area contributed by atoms with E-state index in [1.165, 1.54) is 22.2 Å². The molecule has 0 amide bonds. The highest BCUT2D eigenvalue weighted by molar-refractivity contribution is 6.05. The Bertz CT molecular complexity index is 1690. The highest BCUT2D eigenvalue weighted by atomic mass is 16.7. The Hall–Kier alpha value is -2.03. The summed E-state index contributed by atoms with van der Waals surface area (Å²) in [6.45, 7) is 15.1. The lowest BCUT2D eigenvalue weighted by atomic mass is 9.40. The van der Waals surface area contributed by atoms with E-state index in [1.54, 1.807) is 0 Å². The van der Waals surface area contributed by atoms with Gasteiger partial charge in [-0.05, 0) is 93.9 Å². The third-order valence-electron chi connectivity index (χ3n) is 14.9. The molecule has 1 aromatic carbocycles. The van der Waals surface area contributed by atoms with Crippen LogP contribution in [0.5, 0.6) is 0 Å². The summed E-state index contributed by atoms with van der Waals surface area (Å²) in [5.41, 5.74) is 2.95. The molecule has 10 rings (SSSR count). The number of epoxide rings is 1. The van der Waals surface area contributed by atoms with Crippen molar-refractivity contribution in [2.75, 3.05) is 0 Å². The van der Waals surface area contributed by atoms with E-state index in [-0.39, 0.29) is 29.5 Å². The fourth-order valence-electron chi connectivity index (χ4n) is 12.6. The molecule has 5 fully saturated rings. The summed E-state index contributed by atoms with van der Waals surface area (Å²) >= 11 is 0. The van der Waals surface area contributed by atoms with Gasteiger partial charge >= 0.3 is 0 Å². The van der Waals surface area contributed by atoms with Gasteiger partial charge in [0, 0.05) is 50.9 Å². The van der Waals surface area contributed by atoms with E-state index in [2.05, 4.69) is 51.4 Å². The molecule has 7 nitrogen and oxygen atoms in total. The molecule has 228 valence electrons. The summed E-state index contributed by atoms with van der Waals surface area (Å²) in [5.74, 6) is 1.55. The van der Waals surface area contributed by atoms with Crippen LogP contribution in [0, 0.1) is 23.2 Å². The van der Waals surface area contributed by atoms with E-state index in [0.717, 1.165) is 42.3 Å². The summed E-state index contributed by atoms with van der Waals surface area (Å²) in [6.07, 6.45) is 2.33. The number of carbonyl (C=O) groups is 1. The molecule has 2 saturated heterocycles. The van der Waals surface area contributed by atoms with Gasteiger partial charge in [0.1, 0.15) is 23.9 Å². The Morgan fingerprint density at radius 2 is 1.86 bits per heavy atom. The molecule has 3 N–H and O–H groups in total. The number of aromatic nitrogens is 1. The van der Waals surface area contributed by atoms with E-state index < -0.39 is 40.3 Å². The molecule has 8 aliphatic rings. The predicted octanol–water partition coefficient (Wildman–Crippen LogP) is 5.38. The van der Waals surface area contributed by atoms with Crippen molar-refractivity contribution in [1.82, 2.24) is 4.98 Å². The molecular formula is C36H43NO6. The largest absolute Gasteiger partial charge is 0.387 e. The molecular weight excluding hydrogens is 542 g/mol. The van der Waals surface area contributed by atoms with Crippen LogP contribution in [0.1, 0.15) is 112 Å². The van der Waals surface area contributed by atoms with Gasteiger partial charge in [0.15, 0.2) is 11.4 Å². The Balaban J connectivity index is 1.19. The first-order chi connectivity index (χ1) is 20.3. The highest BCUT2D eigenvalue weighted by Gasteiger charge is 2.86. The van der Waals surface area contributed by atoms with Gasteiger partial charge in [-0.2, -0.15) is 0 Å². The second-order valence-corrected chi connectivity index (χ2v) is 16.6. The monoisotopic (exact) mass is 585 g/mol. The molecule has 13 atom stereocenters. The average molecular weight is 586 g/mol. The van der Waals surface area contributed by atoms with Crippen LogP contribution in [0.25, 0.3) is 10.9 Å². The first-order valence-corrected chi connectivity index (χ1v) is 16.6. The number of aromatic amines is 1. The number of H-pyrrole nitrogens is 1. The maximum Gasteiger partial charge on any atom is 0.163 e. The fraction of sp³-hybridized carbons (Fsp3) is 0.694. The molecule has 7 heteroatoms. The van der Waals surface area contributed by atoms with Crippen LogP contribution < -0.4 is 0 Å². The smallest absolute Gasteiger partial charge is 0.163 e. The van der Waals surface area contributed by atoms with Crippen molar-refractivity contribution < 1.29 is 29.2 Å². The highest BCUT2D eigenvalue weighted by Crippen LogP contribution is 2.77. The Morgan fingerprint density at radius 1 is 1.07 bits per heavy atom. The SMILES string of the molecule is C=C(C)[C@H]1O[C@H]2CC[C@@]3(C)[C@@](O)(CC[C@H]4[C@@H]5OC(C)(C)[C@H]6C[C@@H]7CC(=O)c8ccc9[nH]c(c5c9c8[C@@H]76)[C@@]43C)[C@]23O[C@@H]3[C@H]1O. The van der Waals surface area contributed by atoms with E-state index in [0.29, 0.717) is 30.6 Å². The second-order valence-electron chi connectivity index (χ2n) is 16.6. The minimum Gasteiger partial charge on any atom is -0.387 e. The maximum absolute atomic E-state index is 13.4. The van der Waals surface area contributed by atoms with Crippen LogP contribution >= 0.6 is 0 Å². The van der Waals surface area contributed by atoms with Crippen LogP contribution in [-0.2, 0) is 19.6 Å². The summed E-state index contributed by atoms with van der Waals surface area (Å²) in [6, 6.07) is 4.17. The van der Waals surface area contributed by atoms with Crippen molar-refractivity contribution in [3.8, 4) is 0 Å². The predicted molar refractivity (Wildman–Crippen MR) is 159 cm³/mol. The standard InChI is InChI=1S/C36H43NO6/c1-15(2)28-27(39)31-36(43-31)22(41-28)10-11-33(5)34(6)18(9-12-35(33,36)40)29-26-25-20(37-30(26)34)8-7-17-21(38)14-16-13-19(23(16)24(17)25)32(3,4)42-29/h7-8,16,18-19,22-23,27-29,31,37,39-40H,1,9-14H2,2-6H3/t16-,18+,19+,22+,23+,27+,28-,29+,31-,33-,34-,35+,36+/m1/s1. The number of benzene rings is 1. The van der Waals surface area contributed by atoms with E-state index in [4.69, 9.17) is 14.2 Å². The van der Waals surface area contributed by atoms with Gasteiger partial charge in [-0.15, -0.1) is 0 Å². The molecule has 4 heterocycles. The van der Waals surface area contributed by atoms with Gasteiger partial charge in [-0.25, -0.2) is 0 Å². The first-order valence-electron chi connectivity index (χ1n) is 16.6. The van der Waals surface area contributed by atoms with Crippen molar-refractivity contribution in [1.29, 1.82) is 0 Å². The number of Topliss-reactive ketones (excluding diaryl/α,β-unsaturated/α-hetero) is 1. The third-order valence-corrected chi connectivity index (χ3v) is 14.9. The molecule has 1 aromatic heterocycles. The van der Waals surface area contributed by atoms with E-state index >= 15 is 0 Å². The zero-order valence-corrected chi connectivity index (χ0v) is 25.8. The molecule has 0 radical (unpaired) electrons. The minimum absolute atomic E-state index is 0.124. The van der Waals surface area contributed by atoms with Crippen LogP contribution in [0.3, 0.4) is 0 Å². The number of hydrogen-bond acceptors (Lipinski definition) is 6. The zero-order valence-electron chi connectivity index (χ0n) is 25.8. The molecule has 2 aromatic rings. The van der Waals surface area contributed by atoms with Gasteiger partial charge in [0.05, 0.1) is 17.8 Å². The van der Waals surface area contributed by atoms with Crippen molar-refractivity contribution >= 4 is 16.7 Å². The lowest BCUT2D eigenvalue weighted by Gasteiger charge is -2.66. The van der Waals surface area contributed by atoms with Crippen LogP contribution in [0.15, 0.2) is 24.3 Å². The maximum atomic E-state index is 13.4. The van der Waals surface area contributed by atoms with Crippen LogP contribution in [-0.4, -0.2) is 62.2 Å². The number of aliphatic hydroxyl groups excluding tert-OH is 1. The van der Waals surface area contributed by atoms with Gasteiger partial charge in [0.25, 0.3) is 0 Å². The summed E-state index contributed by atoms with van der Waals surface area (Å²) in [7, 11) is 0. The number of ketones is 1. The van der Waals surface area contributed by atoms with Gasteiger partial charge in [-0.3, -0.25) is 4.79 Å². The molecule has 3 aliphatic heterocycles. The zero-order chi connectivity index (χ0) is 29.8. The number of fused-ring (bicyclic) bond motifs is 5. The Kier molecular flexibility index (Phi) is 4.47. The quantitative estimate of drug-likeness (QED) is 0.307. The van der Waals surface area contributed by atoms with Gasteiger partial charge in [0.2, 0.25) is 0 Å². The lowest BCUT2D eigenvalue weighted by Crippen LogP contribution is -2.76. The van der Waals surface area contributed by atoms with Crippen molar-refractivity contribution in [3.05, 3.63) is 46.7 Å². The second kappa shape index (κ2) is 7.33. The molecule has 3 saturated carbocycles. The number of hydrogen-bond donors (Lipinski definition) is 3. The number of ether oxygens (including phenoxy) is 3. The summed E-state index contributed by atoms with van der Waals surface area (Å²) in [4.78, 5) is 17.4. The number of rotatable bonds is 1. The lowest BCUT2D eigenvalue weighted by molar-refractivity contribution is -0.275. The molecule has 0 unspecified atom stereocenters. The van der Waals surface area contributed by atoms with Crippen LogP contribution in [0.4, 0.5) is 0 Å². The van der Waals surface area contributed by atoms with Crippen molar-refractivity contribution in [3.63, 3.8) is 0 Å². The Morgan fingerprint density at radius 3 is 2.63 bits per heavy atom. The van der Waals surface area contributed by atoms with Gasteiger partial charge < -0.3 is 29.4 Å². The molecule has 0 bridgehead atoms. The van der Waals surface area contributed by atoms with Gasteiger partial charge in [-0.1, -0.05) is 20.4 Å². The Labute approximate surface area is 252 Å². The summed E-state index contributed by atoms with van der Waals surface area (Å²) < 4.78 is 20.4. The molecule has 43 heavy (non-hydrogen) atoms. The fourth-order valence-corrected chi connectivity index (χ4v) is 12.6. The van der Waals surface area contributed by atoms with Crippen molar-refractivity contribution in [2.24, 2.45) is 23.2 Å². The first kappa shape index (κ1) is 26.2. The van der Waals surface area contributed by atoms with Crippen LogP contribution in [0.2, 0.25) is 0 Å². The number of nitrogens with one attached hydrogen (secondary N) is 1. The minimum atomic E-state index is -1.20. The third kappa shape index (κ3) is 2.50. The molecule has 5 aliphatic carbocycles. The number of aliphatic hydroxyl groups is 2. The van der Waals surface area contributed by atoms with E-state index in [9.17, 15) is 15.0 Å².